The predicted octanol–water partition coefficient (Wildman–Crippen LogP) is 2.49. The molecule has 0 radical (unpaired) electrons. The van der Waals surface area contributed by atoms with E-state index in [0.717, 1.165) is 24.3 Å². The monoisotopic (exact) mass is 337 g/mol. The van der Waals surface area contributed by atoms with Crippen molar-refractivity contribution in [3.05, 3.63) is 35.4 Å². The van der Waals surface area contributed by atoms with E-state index in [2.05, 4.69) is 0 Å². The van der Waals surface area contributed by atoms with Crippen molar-refractivity contribution < 1.29 is 26.4 Å². The average molecular weight is 337 g/mol. The Morgan fingerprint density at radius 1 is 1.14 bits per heavy atom. The smallest absolute Gasteiger partial charge is 0.349 e. The minimum atomic E-state index is -4.44. The van der Waals surface area contributed by atoms with Crippen LogP contribution in [0.2, 0.25) is 0 Å². The van der Waals surface area contributed by atoms with Crippen LogP contribution in [0.5, 0.6) is 0 Å². The summed E-state index contributed by atoms with van der Waals surface area (Å²) >= 11 is 0. The number of nitrogens with zero attached hydrogens (tertiary/aromatic N) is 1. The first-order valence-corrected chi connectivity index (χ1v) is 8.40. The SMILES string of the molecule is CN(C)C(=O)CCCS(=O)(=O)Cc1ccc(C(F)(F)F)cc1. The number of amides is 1. The van der Waals surface area contributed by atoms with Crippen LogP contribution in [-0.4, -0.2) is 39.1 Å². The molecule has 0 spiro atoms. The van der Waals surface area contributed by atoms with Gasteiger partial charge in [0.25, 0.3) is 0 Å². The lowest BCUT2D eigenvalue weighted by Gasteiger charge is -2.10. The molecule has 0 fully saturated rings. The van der Waals surface area contributed by atoms with Crippen LogP contribution in [0.1, 0.15) is 24.0 Å². The minimum Gasteiger partial charge on any atom is -0.349 e. The molecule has 0 atom stereocenters. The van der Waals surface area contributed by atoms with Gasteiger partial charge in [-0.1, -0.05) is 12.1 Å². The van der Waals surface area contributed by atoms with Gasteiger partial charge in [0, 0.05) is 20.5 Å². The van der Waals surface area contributed by atoms with E-state index < -0.39 is 21.6 Å². The summed E-state index contributed by atoms with van der Waals surface area (Å²) in [5.41, 5.74) is -0.517. The number of halogens is 3. The van der Waals surface area contributed by atoms with Crippen LogP contribution in [0, 0.1) is 0 Å². The fraction of sp³-hybridized carbons (Fsp3) is 0.500. The summed E-state index contributed by atoms with van der Waals surface area (Å²) in [6, 6.07) is 4.04. The zero-order chi connectivity index (χ0) is 17.0. The van der Waals surface area contributed by atoms with Gasteiger partial charge in [0.1, 0.15) is 0 Å². The van der Waals surface area contributed by atoms with Crippen LogP contribution in [-0.2, 0) is 26.6 Å². The largest absolute Gasteiger partial charge is 0.416 e. The second-order valence-corrected chi connectivity index (χ2v) is 7.36. The number of benzene rings is 1. The number of hydrogen-bond donors (Lipinski definition) is 0. The molecule has 1 rings (SSSR count). The highest BCUT2D eigenvalue weighted by Gasteiger charge is 2.30. The Morgan fingerprint density at radius 3 is 2.14 bits per heavy atom. The van der Waals surface area contributed by atoms with Crippen LogP contribution < -0.4 is 0 Å². The molecular formula is C14H18F3NO3S. The maximum absolute atomic E-state index is 12.4. The van der Waals surface area contributed by atoms with Crippen LogP contribution >= 0.6 is 0 Å². The zero-order valence-electron chi connectivity index (χ0n) is 12.4. The molecule has 124 valence electrons. The molecule has 1 aromatic rings. The third-order valence-corrected chi connectivity index (χ3v) is 4.70. The minimum absolute atomic E-state index is 0.124. The molecule has 0 saturated heterocycles. The van der Waals surface area contributed by atoms with Gasteiger partial charge in [-0.15, -0.1) is 0 Å². The van der Waals surface area contributed by atoms with E-state index in [1.54, 1.807) is 14.1 Å². The second kappa shape index (κ2) is 7.13. The number of alkyl halides is 3. The van der Waals surface area contributed by atoms with Crippen molar-refractivity contribution in [1.82, 2.24) is 4.90 Å². The molecule has 0 aromatic heterocycles. The number of sulfone groups is 1. The fourth-order valence-electron chi connectivity index (χ4n) is 1.78. The molecule has 1 aromatic carbocycles. The first kappa shape index (κ1) is 18.5. The third kappa shape index (κ3) is 6.05. The van der Waals surface area contributed by atoms with Gasteiger partial charge in [-0.3, -0.25) is 4.79 Å². The Balaban J connectivity index is 2.59. The van der Waals surface area contributed by atoms with Crippen LogP contribution in [0.15, 0.2) is 24.3 Å². The summed E-state index contributed by atoms with van der Waals surface area (Å²) in [7, 11) is -0.292. The summed E-state index contributed by atoms with van der Waals surface area (Å²) in [5.74, 6) is -0.667. The van der Waals surface area contributed by atoms with Crippen molar-refractivity contribution in [1.29, 1.82) is 0 Å². The lowest BCUT2D eigenvalue weighted by Crippen LogP contribution is -2.22. The highest BCUT2D eigenvalue weighted by Crippen LogP contribution is 2.29. The van der Waals surface area contributed by atoms with E-state index in [0.29, 0.717) is 5.56 Å². The number of carbonyl (C=O) groups excluding carboxylic acids is 1. The Bertz CT molecular complexity index is 607. The van der Waals surface area contributed by atoms with E-state index in [1.165, 1.54) is 4.90 Å². The maximum Gasteiger partial charge on any atom is 0.416 e. The highest BCUT2D eigenvalue weighted by atomic mass is 32.2. The molecular weight excluding hydrogens is 319 g/mol. The van der Waals surface area contributed by atoms with Crippen LogP contribution in [0.25, 0.3) is 0 Å². The standard InChI is InChI=1S/C14H18F3NO3S/c1-18(2)13(19)4-3-9-22(20,21)10-11-5-7-12(8-6-11)14(15,16)17/h5-8H,3-4,9-10H2,1-2H3. The first-order chi connectivity index (χ1) is 10.0. The molecule has 0 bridgehead atoms. The molecule has 0 aliphatic heterocycles. The van der Waals surface area contributed by atoms with Crippen molar-refractivity contribution in [2.45, 2.75) is 24.8 Å². The lowest BCUT2D eigenvalue weighted by atomic mass is 10.1. The molecule has 0 aliphatic rings. The first-order valence-electron chi connectivity index (χ1n) is 6.58. The average Bonchev–Trinajstić information content (AvgIpc) is 2.37. The summed E-state index contributed by atoms with van der Waals surface area (Å²) < 4.78 is 61.0. The Morgan fingerprint density at radius 2 is 1.68 bits per heavy atom. The molecule has 8 heteroatoms. The van der Waals surface area contributed by atoms with Crippen molar-refractivity contribution in [2.24, 2.45) is 0 Å². The van der Waals surface area contributed by atoms with Gasteiger partial charge in [0.05, 0.1) is 17.1 Å². The van der Waals surface area contributed by atoms with Gasteiger partial charge < -0.3 is 4.90 Å². The van der Waals surface area contributed by atoms with E-state index >= 15 is 0 Å². The fourth-order valence-corrected chi connectivity index (χ4v) is 3.21. The summed E-state index contributed by atoms with van der Waals surface area (Å²) in [6.45, 7) is 0. The zero-order valence-corrected chi connectivity index (χ0v) is 13.2. The summed E-state index contributed by atoms with van der Waals surface area (Å²) in [5, 5.41) is 0. The summed E-state index contributed by atoms with van der Waals surface area (Å²) in [6.07, 6.45) is -4.12. The molecule has 0 aliphatic carbocycles. The van der Waals surface area contributed by atoms with Crippen molar-refractivity contribution in [3.8, 4) is 0 Å². The highest BCUT2D eigenvalue weighted by molar-refractivity contribution is 7.90. The number of rotatable bonds is 6. The lowest BCUT2D eigenvalue weighted by molar-refractivity contribution is -0.137. The van der Waals surface area contributed by atoms with Crippen LogP contribution in [0.3, 0.4) is 0 Å². The molecule has 1 amide bonds. The molecule has 22 heavy (non-hydrogen) atoms. The van der Waals surface area contributed by atoms with E-state index in [4.69, 9.17) is 0 Å². The van der Waals surface area contributed by atoms with Gasteiger partial charge in [-0.2, -0.15) is 13.2 Å². The van der Waals surface area contributed by atoms with Gasteiger partial charge in [-0.05, 0) is 24.1 Å². The quantitative estimate of drug-likeness (QED) is 0.801. The Kier molecular flexibility index (Phi) is 5.99. The van der Waals surface area contributed by atoms with Gasteiger partial charge >= 0.3 is 6.18 Å². The van der Waals surface area contributed by atoms with E-state index in [-0.39, 0.29) is 30.3 Å². The van der Waals surface area contributed by atoms with Gasteiger partial charge in [0.15, 0.2) is 9.84 Å². The molecule has 0 N–H and O–H groups in total. The predicted molar refractivity (Wildman–Crippen MR) is 76.9 cm³/mol. The van der Waals surface area contributed by atoms with E-state index in [1.807, 2.05) is 0 Å². The van der Waals surface area contributed by atoms with Crippen molar-refractivity contribution >= 4 is 15.7 Å². The molecule has 0 heterocycles. The van der Waals surface area contributed by atoms with E-state index in [9.17, 15) is 26.4 Å². The maximum atomic E-state index is 12.4. The van der Waals surface area contributed by atoms with Gasteiger partial charge in [-0.25, -0.2) is 8.42 Å². The van der Waals surface area contributed by atoms with Crippen molar-refractivity contribution in [2.75, 3.05) is 19.8 Å². The normalized spacial score (nSPS) is 12.2. The summed E-state index contributed by atoms with van der Waals surface area (Å²) in [4.78, 5) is 12.7. The Hall–Kier alpha value is -1.57. The Labute approximate surface area is 127 Å². The topological polar surface area (TPSA) is 54.5 Å². The third-order valence-electron chi connectivity index (χ3n) is 3.01. The van der Waals surface area contributed by atoms with Gasteiger partial charge in [0.2, 0.25) is 5.91 Å². The number of carbonyl (C=O) groups is 1. The second-order valence-electron chi connectivity index (χ2n) is 5.18. The molecule has 4 nitrogen and oxygen atoms in total. The molecule has 0 saturated carbocycles. The van der Waals surface area contributed by atoms with Crippen molar-refractivity contribution in [3.63, 3.8) is 0 Å². The van der Waals surface area contributed by atoms with Crippen LogP contribution in [0.4, 0.5) is 13.2 Å². The molecule has 0 unspecified atom stereocenters. The number of hydrogen-bond acceptors (Lipinski definition) is 3.